The molecule has 3 rings (SSSR count). The maximum absolute atomic E-state index is 14.4. The fourth-order valence-corrected chi connectivity index (χ4v) is 2.34. The predicted molar refractivity (Wildman–Crippen MR) is 92.9 cm³/mol. The third-order valence-corrected chi connectivity index (χ3v) is 3.66. The Morgan fingerprint density at radius 3 is 2.58 bits per heavy atom. The van der Waals surface area contributed by atoms with E-state index in [1.807, 2.05) is 6.92 Å². The molecule has 0 saturated heterocycles. The Balaban J connectivity index is 2.01. The van der Waals surface area contributed by atoms with Gasteiger partial charge in [0, 0.05) is 6.54 Å². The van der Waals surface area contributed by atoms with Gasteiger partial charge in [-0.2, -0.15) is 0 Å². The molecule has 2 aromatic carbocycles. The number of aryl methyl sites for hydroxylation is 1. The SMILES string of the molecule is CCCNc1nnc(-c2ccc(F)c(F)c2Nc2ccc(C)cc2F)o1. The van der Waals surface area contributed by atoms with Gasteiger partial charge in [0.05, 0.1) is 16.9 Å². The number of hydrogen-bond donors (Lipinski definition) is 2. The molecular formula is C18H17F3N4O. The molecule has 26 heavy (non-hydrogen) atoms. The normalized spacial score (nSPS) is 10.8. The molecule has 0 aliphatic rings. The fourth-order valence-electron chi connectivity index (χ4n) is 2.34. The summed E-state index contributed by atoms with van der Waals surface area (Å²) in [5.41, 5.74) is 0.557. The molecule has 0 aliphatic heterocycles. The highest BCUT2D eigenvalue weighted by molar-refractivity contribution is 5.78. The van der Waals surface area contributed by atoms with Crippen molar-refractivity contribution in [1.82, 2.24) is 10.2 Å². The fraction of sp³-hybridized carbons (Fsp3) is 0.222. The minimum absolute atomic E-state index is 0.00481. The van der Waals surface area contributed by atoms with Gasteiger partial charge in [0.2, 0.25) is 0 Å². The molecule has 5 nitrogen and oxygen atoms in total. The average molecular weight is 362 g/mol. The first-order valence-corrected chi connectivity index (χ1v) is 8.08. The van der Waals surface area contributed by atoms with Crippen molar-refractivity contribution in [2.75, 3.05) is 17.2 Å². The molecule has 0 unspecified atom stereocenters. The summed E-state index contributed by atoms with van der Waals surface area (Å²) in [6, 6.07) is 6.80. The molecule has 1 aromatic heterocycles. The van der Waals surface area contributed by atoms with Crippen molar-refractivity contribution in [3.8, 4) is 11.5 Å². The Kier molecular flexibility index (Phi) is 5.11. The number of aromatic nitrogens is 2. The van der Waals surface area contributed by atoms with Gasteiger partial charge in [0.25, 0.3) is 5.89 Å². The lowest BCUT2D eigenvalue weighted by Crippen LogP contribution is -2.01. The van der Waals surface area contributed by atoms with Crippen LogP contribution in [0.25, 0.3) is 11.5 Å². The first-order chi connectivity index (χ1) is 12.5. The van der Waals surface area contributed by atoms with Crippen LogP contribution in [0, 0.1) is 24.4 Å². The number of anilines is 3. The summed E-state index contributed by atoms with van der Waals surface area (Å²) in [6.45, 7) is 4.32. The molecule has 0 spiro atoms. The van der Waals surface area contributed by atoms with Gasteiger partial charge >= 0.3 is 6.01 Å². The average Bonchev–Trinajstić information content (AvgIpc) is 3.08. The Morgan fingerprint density at radius 2 is 1.85 bits per heavy atom. The van der Waals surface area contributed by atoms with Crippen LogP contribution in [0.1, 0.15) is 18.9 Å². The van der Waals surface area contributed by atoms with Gasteiger partial charge in [0.1, 0.15) is 5.82 Å². The van der Waals surface area contributed by atoms with E-state index in [-0.39, 0.29) is 28.8 Å². The van der Waals surface area contributed by atoms with Gasteiger partial charge in [0.15, 0.2) is 11.6 Å². The van der Waals surface area contributed by atoms with Crippen LogP contribution in [0.2, 0.25) is 0 Å². The summed E-state index contributed by atoms with van der Waals surface area (Å²) in [7, 11) is 0. The molecule has 8 heteroatoms. The Labute approximate surface area is 148 Å². The van der Waals surface area contributed by atoms with Crippen LogP contribution in [-0.4, -0.2) is 16.7 Å². The van der Waals surface area contributed by atoms with Crippen LogP contribution >= 0.6 is 0 Å². The van der Waals surface area contributed by atoms with Crippen LogP contribution in [0.4, 0.5) is 30.6 Å². The van der Waals surface area contributed by atoms with Gasteiger partial charge in [-0.3, -0.25) is 0 Å². The van der Waals surface area contributed by atoms with Crippen LogP contribution in [-0.2, 0) is 0 Å². The summed E-state index contributed by atoms with van der Waals surface area (Å²) in [5.74, 6) is -2.84. The van der Waals surface area contributed by atoms with E-state index in [0.717, 1.165) is 12.5 Å². The monoisotopic (exact) mass is 362 g/mol. The van der Waals surface area contributed by atoms with Crippen molar-refractivity contribution in [3.05, 3.63) is 53.3 Å². The number of nitrogens with one attached hydrogen (secondary N) is 2. The molecule has 0 saturated carbocycles. The largest absolute Gasteiger partial charge is 0.403 e. The Bertz CT molecular complexity index is 927. The molecule has 0 atom stereocenters. The van der Waals surface area contributed by atoms with Gasteiger partial charge < -0.3 is 15.1 Å². The summed E-state index contributed by atoms with van der Waals surface area (Å²) < 4.78 is 47.7. The van der Waals surface area contributed by atoms with Crippen LogP contribution < -0.4 is 10.6 Å². The molecule has 0 aliphatic carbocycles. The first kappa shape index (κ1) is 17.8. The second-order valence-corrected chi connectivity index (χ2v) is 5.73. The quantitative estimate of drug-likeness (QED) is 0.644. The van der Waals surface area contributed by atoms with Crippen LogP contribution in [0.5, 0.6) is 0 Å². The van der Waals surface area contributed by atoms with Gasteiger partial charge in [-0.1, -0.05) is 18.1 Å². The highest BCUT2D eigenvalue weighted by Crippen LogP contribution is 2.34. The summed E-state index contributed by atoms with van der Waals surface area (Å²) in [5, 5.41) is 13.2. The number of halogens is 3. The number of nitrogens with zero attached hydrogens (tertiary/aromatic N) is 2. The smallest absolute Gasteiger partial charge is 0.315 e. The maximum Gasteiger partial charge on any atom is 0.315 e. The van der Waals surface area contributed by atoms with Crippen molar-refractivity contribution in [3.63, 3.8) is 0 Å². The standard InChI is InChI=1S/C18H17F3N4O/c1-3-8-22-18-25-24-17(26-18)11-5-6-12(19)15(21)16(11)23-14-7-4-10(2)9-13(14)20/h4-7,9,23H,3,8H2,1-2H3,(H,22,25). The number of rotatable bonds is 6. The summed E-state index contributed by atoms with van der Waals surface area (Å²) in [4.78, 5) is 0. The second-order valence-electron chi connectivity index (χ2n) is 5.73. The summed E-state index contributed by atoms with van der Waals surface area (Å²) in [6.07, 6.45) is 0.850. The maximum atomic E-state index is 14.4. The zero-order valence-electron chi connectivity index (χ0n) is 14.2. The third kappa shape index (κ3) is 3.63. The van der Waals surface area contributed by atoms with Crippen molar-refractivity contribution < 1.29 is 17.6 Å². The highest BCUT2D eigenvalue weighted by atomic mass is 19.2. The van der Waals surface area contributed by atoms with E-state index in [9.17, 15) is 13.2 Å². The minimum atomic E-state index is -1.16. The molecule has 0 bridgehead atoms. The van der Waals surface area contributed by atoms with Crippen molar-refractivity contribution >= 4 is 17.4 Å². The molecule has 3 aromatic rings. The van der Waals surface area contributed by atoms with E-state index >= 15 is 0 Å². The van der Waals surface area contributed by atoms with Gasteiger partial charge in [-0.05, 0) is 43.2 Å². The Morgan fingerprint density at radius 1 is 1.04 bits per heavy atom. The third-order valence-electron chi connectivity index (χ3n) is 3.66. The van der Waals surface area contributed by atoms with Crippen molar-refractivity contribution in [2.45, 2.75) is 20.3 Å². The molecular weight excluding hydrogens is 345 g/mol. The van der Waals surface area contributed by atoms with Crippen LogP contribution in [0.15, 0.2) is 34.7 Å². The van der Waals surface area contributed by atoms with Gasteiger partial charge in [-0.15, -0.1) is 5.10 Å². The van der Waals surface area contributed by atoms with E-state index in [2.05, 4.69) is 20.8 Å². The van der Waals surface area contributed by atoms with E-state index in [1.165, 1.54) is 18.2 Å². The van der Waals surface area contributed by atoms with Gasteiger partial charge in [-0.25, -0.2) is 13.2 Å². The topological polar surface area (TPSA) is 63.0 Å². The predicted octanol–water partition coefficient (Wildman–Crippen LogP) is 5.03. The first-order valence-electron chi connectivity index (χ1n) is 8.08. The molecule has 0 amide bonds. The van der Waals surface area contributed by atoms with E-state index in [0.29, 0.717) is 12.1 Å². The second kappa shape index (κ2) is 7.47. The van der Waals surface area contributed by atoms with E-state index in [4.69, 9.17) is 4.42 Å². The van der Waals surface area contributed by atoms with Crippen LogP contribution in [0.3, 0.4) is 0 Å². The van der Waals surface area contributed by atoms with Crippen molar-refractivity contribution in [2.24, 2.45) is 0 Å². The zero-order chi connectivity index (χ0) is 18.7. The lowest BCUT2D eigenvalue weighted by Gasteiger charge is -2.12. The lowest BCUT2D eigenvalue weighted by molar-refractivity contribution is 0.511. The zero-order valence-corrected chi connectivity index (χ0v) is 14.2. The molecule has 0 fully saturated rings. The van der Waals surface area contributed by atoms with E-state index in [1.54, 1.807) is 13.0 Å². The molecule has 136 valence electrons. The molecule has 1 heterocycles. The Hall–Kier alpha value is -3.03. The van der Waals surface area contributed by atoms with Crippen molar-refractivity contribution in [1.29, 1.82) is 0 Å². The minimum Gasteiger partial charge on any atom is -0.403 e. The molecule has 0 radical (unpaired) electrons. The number of benzene rings is 2. The number of hydrogen-bond acceptors (Lipinski definition) is 5. The summed E-state index contributed by atoms with van der Waals surface area (Å²) >= 11 is 0. The molecule has 2 N–H and O–H groups in total. The lowest BCUT2D eigenvalue weighted by atomic mass is 10.1. The van der Waals surface area contributed by atoms with E-state index < -0.39 is 17.5 Å². The highest BCUT2D eigenvalue weighted by Gasteiger charge is 2.20.